The zero-order valence-electron chi connectivity index (χ0n) is 11.2. The number of hydrogen-bond donors (Lipinski definition) is 0. The lowest BCUT2D eigenvalue weighted by molar-refractivity contribution is 0.340. The molecule has 0 N–H and O–H groups in total. The molecule has 1 aromatic rings. The van der Waals surface area contributed by atoms with Gasteiger partial charge in [0.05, 0.1) is 6.61 Å². The fourth-order valence-electron chi connectivity index (χ4n) is 1.17. The Morgan fingerprint density at radius 1 is 1.22 bits per heavy atom. The summed E-state index contributed by atoms with van der Waals surface area (Å²) < 4.78 is 17.1. The smallest absolute Gasteiger partial charge is 0.122 e. The van der Waals surface area contributed by atoms with Crippen molar-refractivity contribution >= 4 is 0 Å². The second kappa shape index (κ2) is 10.3. The van der Waals surface area contributed by atoms with Crippen LogP contribution in [0.5, 0.6) is 5.75 Å². The quantitative estimate of drug-likeness (QED) is 0.676. The fraction of sp³-hybridized carbons (Fsp3) is 0.250. The first-order valence-corrected chi connectivity index (χ1v) is 6.00. The van der Waals surface area contributed by atoms with E-state index in [2.05, 4.69) is 32.2 Å². The van der Waals surface area contributed by atoms with Crippen LogP contribution in [0.1, 0.15) is 19.4 Å². The van der Waals surface area contributed by atoms with Crippen molar-refractivity contribution in [3.05, 3.63) is 67.0 Å². The molecule has 0 aliphatic heterocycles. The van der Waals surface area contributed by atoms with Gasteiger partial charge in [-0.2, -0.15) is 0 Å². The number of ether oxygens (including phenoxy) is 1. The van der Waals surface area contributed by atoms with Gasteiger partial charge in [0.2, 0.25) is 0 Å². The van der Waals surface area contributed by atoms with Crippen molar-refractivity contribution in [3.8, 4) is 5.75 Å². The molecule has 0 atom stereocenters. The second-order valence-corrected chi connectivity index (χ2v) is 3.42. The summed E-state index contributed by atoms with van der Waals surface area (Å²) in [6, 6.07) is 8.24. The van der Waals surface area contributed by atoms with Crippen LogP contribution in [0.2, 0.25) is 0 Å². The monoisotopic (exact) mass is 248 g/mol. The van der Waals surface area contributed by atoms with Crippen molar-refractivity contribution < 1.29 is 9.13 Å². The molecule has 0 saturated heterocycles. The molecule has 2 heteroatoms. The summed E-state index contributed by atoms with van der Waals surface area (Å²) in [7, 11) is 0. The van der Waals surface area contributed by atoms with E-state index < -0.39 is 0 Å². The summed E-state index contributed by atoms with van der Waals surface area (Å²) in [5.41, 5.74) is 1.36. The first-order chi connectivity index (χ1) is 8.67. The third-order valence-electron chi connectivity index (χ3n) is 2.11. The van der Waals surface area contributed by atoms with Gasteiger partial charge in [0, 0.05) is 0 Å². The molecule has 0 aliphatic carbocycles. The molecule has 18 heavy (non-hydrogen) atoms. The number of halogens is 1. The van der Waals surface area contributed by atoms with Crippen LogP contribution in [0.4, 0.5) is 4.39 Å². The van der Waals surface area contributed by atoms with Crippen molar-refractivity contribution in [2.24, 2.45) is 0 Å². The molecule has 0 fully saturated rings. The van der Waals surface area contributed by atoms with Crippen LogP contribution in [0, 0.1) is 0 Å². The maximum Gasteiger partial charge on any atom is 0.122 e. The zero-order valence-corrected chi connectivity index (χ0v) is 11.2. The van der Waals surface area contributed by atoms with Gasteiger partial charge < -0.3 is 4.74 Å². The van der Waals surface area contributed by atoms with E-state index >= 15 is 0 Å². The third kappa shape index (κ3) is 7.44. The van der Waals surface area contributed by atoms with Crippen molar-refractivity contribution in [2.75, 3.05) is 6.61 Å². The molecule has 1 nitrogen and oxygen atoms in total. The summed E-state index contributed by atoms with van der Waals surface area (Å²) in [6.45, 7) is 11.4. The van der Waals surface area contributed by atoms with Crippen LogP contribution in [-0.2, 0) is 6.42 Å². The van der Waals surface area contributed by atoms with E-state index in [0.29, 0.717) is 0 Å². The Bertz CT molecular complexity index is 377. The molecule has 0 aliphatic rings. The highest BCUT2D eigenvalue weighted by atomic mass is 19.1. The van der Waals surface area contributed by atoms with Gasteiger partial charge in [-0.25, -0.2) is 4.39 Å². The molecule has 0 heterocycles. The standard InChI is InChI=1S/C10H14O.C6H7F/c1-3-9-5-7-10(8-6-9)11-4-2;1-3-5-6(7)4-2/h5-8H,3-4H2,1-2H3;3-5H,1-2H2/b;6-5+. The third-order valence-corrected chi connectivity index (χ3v) is 2.11. The molecule has 0 aromatic heterocycles. The van der Waals surface area contributed by atoms with Crippen LogP contribution in [0.25, 0.3) is 0 Å². The van der Waals surface area contributed by atoms with E-state index in [-0.39, 0.29) is 5.83 Å². The topological polar surface area (TPSA) is 9.23 Å². The molecule has 0 bridgehead atoms. The molecular weight excluding hydrogens is 227 g/mol. The number of rotatable bonds is 5. The molecule has 1 aromatic carbocycles. The average Bonchev–Trinajstić information content (AvgIpc) is 2.41. The van der Waals surface area contributed by atoms with E-state index in [9.17, 15) is 4.39 Å². The molecule has 1 rings (SSSR count). The highest BCUT2D eigenvalue weighted by Gasteiger charge is 1.90. The highest BCUT2D eigenvalue weighted by molar-refractivity contribution is 5.27. The lowest BCUT2D eigenvalue weighted by Gasteiger charge is -2.02. The van der Waals surface area contributed by atoms with Gasteiger partial charge in [-0.1, -0.05) is 38.3 Å². The predicted molar refractivity (Wildman–Crippen MR) is 76.6 cm³/mol. The van der Waals surface area contributed by atoms with Crippen LogP contribution in [-0.4, -0.2) is 6.61 Å². The highest BCUT2D eigenvalue weighted by Crippen LogP contribution is 2.11. The Hall–Kier alpha value is -1.83. The van der Waals surface area contributed by atoms with Gasteiger partial charge in [-0.15, -0.1) is 0 Å². The number of aryl methyl sites for hydroxylation is 1. The summed E-state index contributed by atoms with van der Waals surface area (Å²) in [6.07, 6.45) is 4.83. The minimum absolute atomic E-state index is 0.352. The van der Waals surface area contributed by atoms with E-state index in [1.165, 1.54) is 17.7 Å². The Labute approximate surface area is 109 Å². The lowest BCUT2D eigenvalue weighted by atomic mass is 10.2. The SMILES string of the molecule is C=C/C=C(/F)C=C.CCOc1ccc(CC)cc1. The van der Waals surface area contributed by atoms with E-state index in [1.807, 2.05) is 19.1 Å². The summed E-state index contributed by atoms with van der Waals surface area (Å²) in [4.78, 5) is 0. The zero-order chi connectivity index (χ0) is 13.8. The predicted octanol–water partition coefficient (Wildman–Crippen LogP) is 4.86. The van der Waals surface area contributed by atoms with Gasteiger partial charge in [0.1, 0.15) is 11.6 Å². The fourth-order valence-corrected chi connectivity index (χ4v) is 1.17. The molecule has 0 spiro atoms. The Kier molecular flexibility index (Phi) is 9.28. The Morgan fingerprint density at radius 3 is 2.17 bits per heavy atom. The molecule has 0 radical (unpaired) electrons. The van der Waals surface area contributed by atoms with Gasteiger partial charge in [-0.05, 0) is 43.2 Å². The molecule has 0 amide bonds. The number of benzene rings is 1. The largest absolute Gasteiger partial charge is 0.494 e. The minimum Gasteiger partial charge on any atom is -0.494 e. The first kappa shape index (κ1) is 16.2. The molecular formula is C16H21FO. The van der Waals surface area contributed by atoms with Gasteiger partial charge in [-0.3, -0.25) is 0 Å². The maximum absolute atomic E-state index is 11.8. The van der Waals surface area contributed by atoms with E-state index in [1.54, 1.807) is 0 Å². The van der Waals surface area contributed by atoms with Gasteiger partial charge in [0.15, 0.2) is 0 Å². The number of allylic oxidation sites excluding steroid dienone is 4. The van der Waals surface area contributed by atoms with E-state index in [0.717, 1.165) is 24.9 Å². The van der Waals surface area contributed by atoms with Crippen molar-refractivity contribution in [3.63, 3.8) is 0 Å². The van der Waals surface area contributed by atoms with Crippen molar-refractivity contribution in [2.45, 2.75) is 20.3 Å². The van der Waals surface area contributed by atoms with E-state index in [4.69, 9.17) is 4.74 Å². The summed E-state index contributed by atoms with van der Waals surface area (Å²) >= 11 is 0. The average molecular weight is 248 g/mol. The summed E-state index contributed by atoms with van der Waals surface area (Å²) in [5, 5.41) is 0. The minimum atomic E-state index is -0.352. The van der Waals surface area contributed by atoms with Crippen molar-refractivity contribution in [1.29, 1.82) is 0 Å². The maximum atomic E-state index is 11.8. The molecule has 98 valence electrons. The van der Waals surface area contributed by atoms with Gasteiger partial charge >= 0.3 is 0 Å². The molecule has 0 saturated carbocycles. The van der Waals surface area contributed by atoms with Gasteiger partial charge in [0.25, 0.3) is 0 Å². The second-order valence-electron chi connectivity index (χ2n) is 3.42. The van der Waals surface area contributed by atoms with Crippen LogP contribution in [0.15, 0.2) is 61.5 Å². The van der Waals surface area contributed by atoms with Crippen LogP contribution in [0.3, 0.4) is 0 Å². The Balaban J connectivity index is 0.000000360. The van der Waals surface area contributed by atoms with Crippen molar-refractivity contribution in [1.82, 2.24) is 0 Å². The van der Waals surface area contributed by atoms with Crippen LogP contribution >= 0.6 is 0 Å². The first-order valence-electron chi connectivity index (χ1n) is 6.00. The lowest BCUT2D eigenvalue weighted by Crippen LogP contribution is -1.90. The Morgan fingerprint density at radius 2 is 1.83 bits per heavy atom. The normalized spacial score (nSPS) is 10.1. The van der Waals surface area contributed by atoms with Crippen LogP contribution < -0.4 is 4.74 Å². The molecule has 0 unspecified atom stereocenters. The number of hydrogen-bond acceptors (Lipinski definition) is 1. The summed E-state index contributed by atoms with van der Waals surface area (Å²) in [5.74, 6) is 0.611.